The lowest BCUT2D eigenvalue weighted by Crippen LogP contribution is -2.23. The SMILES string of the molecule is COc1ccc(C)c(C(C)(C)Cc2ccccc2O)n1. The van der Waals surface area contributed by atoms with Crippen molar-refractivity contribution in [3.05, 3.63) is 53.2 Å². The summed E-state index contributed by atoms with van der Waals surface area (Å²) < 4.78 is 5.22. The van der Waals surface area contributed by atoms with Crippen molar-refractivity contribution in [2.75, 3.05) is 7.11 Å². The summed E-state index contributed by atoms with van der Waals surface area (Å²) in [7, 11) is 1.62. The van der Waals surface area contributed by atoms with Gasteiger partial charge in [0.1, 0.15) is 5.75 Å². The Kier molecular flexibility index (Phi) is 3.98. The summed E-state index contributed by atoms with van der Waals surface area (Å²) in [5.41, 5.74) is 2.88. The van der Waals surface area contributed by atoms with Gasteiger partial charge in [-0.05, 0) is 30.5 Å². The van der Waals surface area contributed by atoms with Crippen LogP contribution in [0.25, 0.3) is 0 Å². The van der Waals surface area contributed by atoms with Crippen molar-refractivity contribution in [1.29, 1.82) is 0 Å². The first-order valence-electron chi connectivity index (χ1n) is 6.73. The predicted octanol–water partition coefficient (Wildman–Crippen LogP) is 3.62. The highest BCUT2D eigenvalue weighted by Crippen LogP contribution is 2.32. The minimum Gasteiger partial charge on any atom is -0.508 e. The van der Waals surface area contributed by atoms with E-state index in [1.54, 1.807) is 13.2 Å². The van der Waals surface area contributed by atoms with Gasteiger partial charge in [-0.2, -0.15) is 0 Å². The monoisotopic (exact) mass is 271 g/mol. The number of benzene rings is 1. The third-order valence-electron chi connectivity index (χ3n) is 3.55. The van der Waals surface area contributed by atoms with Crippen LogP contribution in [0.2, 0.25) is 0 Å². The Morgan fingerprint density at radius 1 is 1.15 bits per heavy atom. The van der Waals surface area contributed by atoms with Gasteiger partial charge < -0.3 is 9.84 Å². The first kappa shape index (κ1) is 14.4. The molecule has 0 saturated heterocycles. The number of para-hydroxylation sites is 1. The van der Waals surface area contributed by atoms with Crippen LogP contribution in [-0.2, 0) is 11.8 Å². The third-order valence-corrected chi connectivity index (χ3v) is 3.55. The highest BCUT2D eigenvalue weighted by Gasteiger charge is 2.26. The minimum absolute atomic E-state index is 0.183. The largest absolute Gasteiger partial charge is 0.508 e. The zero-order valence-electron chi connectivity index (χ0n) is 12.5. The molecule has 0 amide bonds. The van der Waals surface area contributed by atoms with Crippen LogP contribution in [0.3, 0.4) is 0 Å². The Balaban J connectivity index is 2.37. The zero-order chi connectivity index (χ0) is 14.8. The van der Waals surface area contributed by atoms with E-state index in [2.05, 4.69) is 18.8 Å². The van der Waals surface area contributed by atoms with Crippen molar-refractivity contribution < 1.29 is 9.84 Å². The molecule has 0 radical (unpaired) electrons. The normalized spacial score (nSPS) is 11.4. The van der Waals surface area contributed by atoms with Crippen LogP contribution < -0.4 is 4.74 Å². The molecule has 0 atom stereocenters. The van der Waals surface area contributed by atoms with Gasteiger partial charge in [0.15, 0.2) is 0 Å². The van der Waals surface area contributed by atoms with E-state index >= 15 is 0 Å². The van der Waals surface area contributed by atoms with Crippen LogP contribution in [-0.4, -0.2) is 17.2 Å². The Morgan fingerprint density at radius 2 is 1.85 bits per heavy atom. The average Bonchev–Trinajstić information content (AvgIpc) is 2.41. The number of rotatable bonds is 4. The van der Waals surface area contributed by atoms with Crippen LogP contribution >= 0.6 is 0 Å². The van der Waals surface area contributed by atoms with E-state index in [1.807, 2.05) is 37.3 Å². The molecular weight excluding hydrogens is 250 g/mol. The lowest BCUT2D eigenvalue weighted by molar-refractivity contribution is 0.387. The third kappa shape index (κ3) is 2.93. The van der Waals surface area contributed by atoms with Gasteiger partial charge in [0.05, 0.1) is 12.8 Å². The Bertz CT molecular complexity index is 606. The molecule has 3 heteroatoms. The summed E-state index contributed by atoms with van der Waals surface area (Å²) in [6.07, 6.45) is 0.723. The molecule has 2 rings (SSSR count). The van der Waals surface area contributed by atoms with E-state index in [1.165, 1.54) is 0 Å². The lowest BCUT2D eigenvalue weighted by Gasteiger charge is -2.26. The second-order valence-electron chi connectivity index (χ2n) is 5.71. The fraction of sp³-hybridized carbons (Fsp3) is 0.353. The molecule has 0 bridgehead atoms. The van der Waals surface area contributed by atoms with E-state index in [-0.39, 0.29) is 5.41 Å². The average molecular weight is 271 g/mol. The number of aromatic hydroxyl groups is 1. The molecule has 0 unspecified atom stereocenters. The summed E-state index contributed by atoms with van der Waals surface area (Å²) in [4.78, 5) is 4.58. The van der Waals surface area contributed by atoms with E-state index in [0.717, 1.165) is 23.2 Å². The maximum atomic E-state index is 9.95. The minimum atomic E-state index is -0.183. The number of hydrogen-bond acceptors (Lipinski definition) is 3. The van der Waals surface area contributed by atoms with Crippen molar-refractivity contribution in [2.45, 2.75) is 32.6 Å². The van der Waals surface area contributed by atoms with Crippen LogP contribution in [0.15, 0.2) is 36.4 Å². The summed E-state index contributed by atoms with van der Waals surface area (Å²) in [5, 5.41) is 9.95. The van der Waals surface area contributed by atoms with E-state index in [0.29, 0.717) is 11.6 Å². The molecule has 0 aliphatic heterocycles. The van der Waals surface area contributed by atoms with Gasteiger partial charge in [-0.1, -0.05) is 38.1 Å². The number of pyridine rings is 1. The van der Waals surface area contributed by atoms with Gasteiger partial charge in [0.2, 0.25) is 5.88 Å². The molecule has 3 nitrogen and oxygen atoms in total. The standard InChI is InChI=1S/C17H21NO2/c1-12-9-10-15(20-4)18-16(12)17(2,3)11-13-7-5-6-8-14(13)19/h5-10,19H,11H2,1-4H3. The maximum absolute atomic E-state index is 9.95. The summed E-state index contributed by atoms with van der Waals surface area (Å²) >= 11 is 0. The number of aryl methyl sites for hydroxylation is 1. The van der Waals surface area contributed by atoms with Crippen molar-refractivity contribution >= 4 is 0 Å². The van der Waals surface area contributed by atoms with Crippen LogP contribution in [0.5, 0.6) is 11.6 Å². The summed E-state index contributed by atoms with van der Waals surface area (Å²) in [6.45, 7) is 6.32. The number of aromatic nitrogens is 1. The number of nitrogens with zero attached hydrogens (tertiary/aromatic N) is 1. The van der Waals surface area contributed by atoms with Crippen molar-refractivity contribution in [3.63, 3.8) is 0 Å². The highest BCUT2D eigenvalue weighted by molar-refractivity contribution is 5.37. The fourth-order valence-electron chi connectivity index (χ4n) is 2.53. The fourth-order valence-corrected chi connectivity index (χ4v) is 2.53. The first-order valence-corrected chi connectivity index (χ1v) is 6.73. The first-order chi connectivity index (χ1) is 9.44. The Morgan fingerprint density at radius 3 is 2.50 bits per heavy atom. The quantitative estimate of drug-likeness (QED) is 0.923. The summed E-state index contributed by atoms with van der Waals surface area (Å²) in [5.74, 6) is 0.956. The van der Waals surface area contributed by atoms with Gasteiger partial charge in [-0.3, -0.25) is 0 Å². The molecule has 2 aromatic rings. The van der Waals surface area contributed by atoms with Gasteiger partial charge in [0, 0.05) is 11.5 Å². The molecule has 0 saturated carbocycles. The lowest BCUT2D eigenvalue weighted by atomic mass is 9.80. The predicted molar refractivity (Wildman–Crippen MR) is 80.4 cm³/mol. The number of phenols is 1. The number of hydrogen-bond donors (Lipinski definition) is 1. The highest BCUT2D eigenvalue weighted by atomic mass is 16.5. The van der Waals surface area contributed by atoms with Crippen molar-refractivity contribution in [2.24, 2.45) is 0 Å². The second-order valence-corrected chi connectivity index (χ2v) is 5.71. The second kappa shape index (κ2) is 5.53. The van der Waals surface area contributed by atoms with E-state index < -0.39 is 0 Å². The topological polar surface area (TPSA) is 42.4 Å². The maximum Gasteiger partial charge on any atom is 0.213 e. The number of methoxy groups -OCH3 is 1. The molecule has 1 heterocycles. The van der Waals surface area contributed by atoms with Gasteiger partial charge in [-0.25, -0.2) is 4.98 Å². The number of ether oxygens (including phenoxy) is 1. The molecule has 0 fully saturated rings. The molecule has 1 aromatic heterocycles. The smallest absolute Gasteiger partial charge is 0.213 e. The zero-order valence-corrected chi connectivity index (χ0v) is 12.5. The molecule has 106 valence electrons. The van der Waals surface area contributed by atoms with Gasteiger partial charge >= 0.3 is 0 Å². The van der Waals surface area contributed by atoms with E-state index in [4.69, 9.17) is 4.74 Å². The van der Waals surface area contributed by atoms with Crippen LogP contribution in [0.1, 0.15) is 30.7 Å². The van der Waals surface area contributed by atoms with Crippen molar-refractivity contribution in [3.8, 4) is 11.6 Å². The van der Waals surface area contributed by atoms with Gasteiger partial charge in [0.25, 0.3) is 0 Å². The molecule has 1 N–H and O–H groups in total. The molecule has 1 aromatic carbocycles. The van der Waals surface area contributed by atoms with Crippen molar-refractivity contribution in [1.82, 2.24) is 4.98 Å². The molecule has 20 heavy (non-hydrogen) atoms. The van der Waals surface area contributed by atoms with E-state index in [9.17, 15) is 5.11 Å². The molecule has 0 aliphatic rings. The molecule has 0 spiro atoms. The molecule has 0 aliphatic carbocycles. The summed E-state index contributed by atoms with van der Waals surface area (Å²) in [6, 6.07) is 11.3. The number of phenolic OH excluding ortho intramolecular Hbond substituents is 1. The van der Waals surface area contributed by atoms with Crippen LogP contribution in [0, 0.1) is 6.92 Å². The Labute approximate surface area is 120 Å². The van der Waals surface area contributed by atoms with Crippen LogP contribution in [0.4, 0.5) is 0 Å². The molecular formula is C17H21NO2. The Hall–Kier alpha value is -2.03. The van der Waals surface area contributed by atoms with Gasteiger partial charge in [-0.15, -0.1) is 0 Å².